The zero-order chi connectivity index (χ0) is 12.7. The van der Waals surface area contributed by atoms with Crippen LogP contribution in [-0.4, -0.2) is 31.6 Å². The van der Waals surface area contributed by atoms with E-state index in [2.05, 4.69) is 31.0 Å². The van der Waals surface area contributed by atoms with Gasteiger partial charge in [0, 0.05) is 11.6 Å². The van der Waals surface area contributed by atoms with Gasteiger partial charge in [0.1, 0.15) is 5.75 Å². The van der Waals surface area contributed by atoms with Gasteiger partial charge in [0.15, 0.2) is 0 Å². The summed E-state index contributed by atoms with van der Waals surface area (Å²) in [5.74, 6) is 0.988. The molecule has 1 atom stereocenters. The molecule has 3 nitrogen and oxygen atoms in total. The van der Waals surface area contributed by atoms with E-state index in [0.717, 1.165) is 25.3 Å². The minimum atomic E-state index is 0.351. The monoisotopic (exact) mass is 236 g/mol. The molecule has 1 aromatic rings. The predicted octanol–water partition coefficient (Wildman–Crippen LogP) is 2.43. The zero-order valence-corrected chi connectivity index (χ0v) is 11.1. The molecule has 96 valence electrons. The highest BCUT2D eigenvalue weighted by molar-refractivity contribution is 5.35. The van der Waals surface area contributed by atoms with Gasteiger partial charge >= 0.3 is 0 Å². The van der Waals surface area contributed by atoms with Crippen molar-refractivity contribution < 1.29 is 4.74 Å². The maximum Gasteiger partial charge on any atom is 0.124 e. The van der Waals surface area contributed by atoms with Crippen molar-refractivity contribution in [2.75, 3.05) is 26.7 Å². The number of nitrogens with two attached hydrogens (primary N) is 1. The van der Waals surface area contributed by atoms with E-state index < -0.39 is 0 Å². The second-order valence-corrected chi connectivity index (χ2v) is 4.27. The molecule has 1 rings (SSSR count). The maximum atomic E-state index is 5.66. The SMILES string of the molecule is CCOc1ccccc1C(C)N(C)CCCN. The van der Waals surface area contributed by atoms with Gasteiger partial charge < -0.3 is 10.5 Å². The number of hydrogen-bond donors (Lipinski definition) is 1. The first-order chi connectivity index (χ1) is 8.20. The Morgan fingerprint density at radius 3 is 2.71 bits per heavy atom. The van der Waals surface area contributed by atoms with Crippen LogP contribution in [0.15, 0.2) is 24.3 Å². The lowest BCUT2D eigenvalue weighted by molar-refractivity contribution is 0.249. The van der Waals surface area contributed by atoms with Crippen molar-refractivity contribution in [2.24, 2.45) is 5.73 Å². The van der Waals surface area contributed by atoms with Crippen molar-refractivity contribution in [3.05, 3.63) is 29.8 Å². The largest absolute Gasteiger partial charge is 0.494 e. The van der Waals surface area contributed by atoms with Crippen LogP contribution in [-0.2, 0) is 0 Å². The smallest absolute Gasteiger partial charge is 0.124 e. The molecule has 17 heavy (non-hydrogen) atoms. The van der Waals surface area contributed by atoms with Gasteiger partial charge in [-0.15, -0.1) is 0 Å². The molecule has 0 aromatic heterocycles. The van der Waals surface area contributed by atoms with Gasteiger partial charge in [-0.05, 0) is 46.5 Å². The Morgan fingerprint density at radius 2 is 2.06 bits per heavy atom. The molecule has 0 aliphatic carbocycles. The summed E-state index contributed by atoms with van der Waals surface area (Å²) in [7, 11) is 2.13. The van der Waals surface area contributed by atoms with E-state index in [-0.39, 0.29) is 0 Å². The number of ether oxygens (including phenoxy) is 1. The average Bonchev–Trinajstić information content (AvgIpc) is 2.36. The molecule has 0 spiro atoms. The molecule has 0 amide bonds. The zero-order valence-electron chi connectivity index (χ0n) is 11.1. The van der Waals surface area contributed by atoms with E-state index in [9.17, 15) is 0 Å². The van der Waals surface area contributed by atoms with Gasteiger partial charge in [-0.25, -0.2) is 0 Å². The Bertz CT molecular complexity index is 328. The maximum absolute atomic E-state index is 5.66. The van der Waals surface area contributed by atoms with E-state index in [1.54, 1.807) is 0 Å². The molecule has 0 fully saturated rings. The van der Waals surface area contributed by atoms with Gasteiger partial charge in [0.05, 0.1) is 6.61 Å². The van der Waals surface area contributed by atoms with Crippen LogP contribution in [0.2, 0.25) is 0 Å². The summed E-state index contributed by atoms with van der Waals surface area (Å²) < 4.78 is 5.66. The summed E-state index contributed by atoms with van der Waals surface area (Å²) in [6.07, 6.45) is 1.03. The summed E-state index contributed by atoms with van der Waals surface area (Å²) in [5, 5.41) is 0. The van der Waals surface area contributed by atoms with E-state index in [0.29, 0.717) is 12.6 Å². The molecule has 2 N–H and O–H groups in total. The number of rotatable bonds is 7. The van der Waals surface area contributed by atoms with E-state index in [1.807, 2.05) is 19.1 Å². The molecule has 0 radical (unpaired) electrons. The van der Waals surface area contributed by atoms with Crippen LogP contribution in [0.1, 0.15) is 31.9 Å². The normalized spacial score (nSPS) is 12.8. The highest BCUT2D eigenvalue weighted by Crippen LogP contribution is 2.28. The molecule has 0 aliphatic heterocycles. The molecular formula is C14H24N2O. The van der Waals surface area contributed by atoms with Gasteiger partial charge in [0.25, 0.3) is 0 Å². The second-order valence-electron chi connectivity index (χ2n) is 4.27. The van der Waals surface area contributed by atoms with Crippen molar-refractivity contribution in [3.63, 3.8) is 0 Å². The fourth-order valence-corrected chi connectivity index (χ4v) is 1.88. The Morgan fingerprint density at radius 1 is 1.35 bits per heavy atom. The third-order valence-corrected chi connectivity index (χ3v) is 3.05. The summed E-state index contributed by atoms with van der Waals surface area (Å²) in [6.45, 7) is 6.67. The number of para-hydroxylation sites is 1. The van der Waals surface area contributed by atoms with E-state index >= 15 is 0 Å². The summed E-state index contributed by atoms with van der Waals surface area (Å²) in [5.41, 5.74) is 6.79. The summed E-state index contributed by atoms with van der Waals surface area (Å²) in [4.78, 5) is 2.31. The lowest BCUT2D eigenvalue weighted by Crippen LogP contribution is -2.25. The van der Waals surface area contributed by atoms with Crippen molar-refractivity contribution >= 4 is 0 Å². The Labute approximate surface area is 105 Å². The molecule has 0 saturated heterocycles. The average molecular weight is 236 g/mol. The fraction of sp³-hybridized carbons (Fsp3) is 0.571. The van der Waals surface area contributed by atoms with Crippen molar-refractivity contribution in [1.29, 1.82) is 0 Å². The van der Waals surface area contributed by atoms with Gasteiger partial charge in [-0.3, -0.25) is 4.90 Å². The molecule has 1 unspecified atom stereocenters. The lowest BCUT2D eigenvalue weighted by atomic mass is 10.1. The van der Waals surface area contributed by atoms with Crippen molar-refractivity contribution in [1.82, 2.24) is 4.90 Å². The van der Waals surface area contributed by atoms with Crippen LogP contribution in [0.4, 0.5) is 0 Å². The quantitative estimate of drug-likeness (QED) is 0.790. The molecule has 0 saturated carbocycles. The fourth-order valence-electron chi connectivity index (χ4n) is 1.88. The number of benzene rings is 1. The summed E-state index contributed by atoms with van der Waals surface area (Å²) in [6, 6.07) is 8.59. The summed E-state index contributed by atoms with van der Waals surface area (Å²) >= 11 is 0. The predicted molar refractivity (Wildman–Crippen MR) is 72.3 cm³/mol. The van der Waals surface area contributed by atoms with Crippen LogP contribution in [0.25, 0.3) is 0 Å². The van der Waals surface area contributed by atoms with Crippen LogP contribution >= 0.6 is 0 Å². The third kappa shape index (κ3) is 4.02. The van der Waals surface area contributed by atoms with Gasteiger partial charge in [0.2, 0.25) is 0 Å². The highest BCUT2D eigenvalue weighted by atomic mass is 16.5. The standard InChI is InChI=1S/C14H24N2O/c1-4-17-14-9-6-5-8-13(14)12(2)16(3)11-7-10-15/h5-6,8-9,12H,4,7,10-11,15H2,1-3H3. The van der Waals surface area contributed by atoms with Gasteiger partial charge in [-0.2, -0.15) is 0 Å². The lowest BCUT2D eigenvalue weighted by Gasteiger charge is -2.26. The molecule has 0 bridgehead atoms. The molecule has 0 aliphatic rings. The molecule has 1 aromatic carbocycles. The van der Waals surface area contributed by atoms with Crippen molar-refractivity contribution in [2.45, 2.75) is 26.3 Å². The minimum absolute atomic E-state index is 0.351. The molecule has 0 heterocycles. The molecule has 3 heteroatoms. The molecular weight excluding hydrogens is 212 g/mol. The van der Waals surface area contributed by atoms with E-state index in [1.165, 1.54) is 5.56 Å². The van der Waals surface area contributed by atoms with Crippen molar-refractivity contribution in [3.8, 4) is 5.75 Å². The Hall–Kier alpha value is -1.06. The van der Waals surface area contributed by atoms with Gasteiger partial charge in [-0.1, -0.05) is 18.2 Å². The van der Waals surface area contributed by atoms with Crippen LogP contribution in [0.3, 0.4) is 0 Å². The highest BCUT2D eigenvalue weighted by Gasteiger charge is 2.15. The Kier molecular flexibility index (Phi) is 6.01. The first-order valence-electron chi connectivity index (χ1n) is 6.32. The first kappa shape index (κ1) is 14.0. The number of nitrogens with zero attached hydrogens (tertiary/aromatic N) is 1. The Balaban J connectivity index is 2.76. The second kappa shape index (κ2) is 7.30. The third-order valence-electron chi connectivity index (χ3n) is 3.05. The van der Waals surface area contributed by atoms with Crippen LogP contribution < -0.4 is 10.5 Å². The van der Waals surface area contributed by atoms with Crippen LogP contribution in [0, 0.1) is 0 Å². The minimum Gasteiger partial charge on any atom is -0.494 e. The number of hydrogen-bond acceptors (Lipinski definition) is 3. The van der Waals surface area contributed by atoms with E-state index in [4.69, 9.17) is 10.5 Å². The first-order valence-corrected chi connectivity index (χ1v) is 6.32. The topological polar surface area (TPSA) is 38.5 Å². The van der Waals surface area contributed by atoms with Crippen LogP contribution in [0.5, 0.6) is 5.75 Å².